The summed E-state index contributed by atoms with van der Waals surface area (Å²) in [7, 11) is 0. The van der Waals surface area contributed by atoms with Crippen molar-refractivity contribution in [2.24, 2.45) is 0 Å². The van der Waals surface area contributed by atoms with E-state index in [4.69, 9.17) is 4.74 Å². The van der Waals surface area contributed by atoms with Crippen LogP contribution in [0.25, 0.3) is 10.9 Å². The second-order valence-corrected chi connectivity index (χ2v) is 5.89. The Labute approximate surface area is 132 Å². The van der Waals surface area contributed by atoms with Crippen LogP contribution in [-0.2, 0) is 4.74 Å². The summed E-state index contributed by atoms with van der Waals surface area (Å²) < 4.78 is 5.54. The number of aromatic amines is 1. The molecular formula is C19H15NO3. The standard InChI is InChI=1S/C19H15NO3/c1-10-8-9-11(2)16-13(10)14-15(18(21)20-16)19(22)23-17(14)12-6-4-3-5-7-12/h3-9,17H,1-2H3,(H,20,21). The van der Waals surface area contributed by atoms with Gasteiger partial charge in [-0.3, -0.25) is 4.79 Å². The highest BCUT2D eigenvalue weighted by atomic mass is 16.5. The zero-order valence-electron chi connectivity index (χ0n) is 12.8. The van der Waals surface area contributed by atoms with Crippen LogP contribution < -0.4 is 5.56 Å². The average molecular weight is 305 g/mol. The number of hydrogen-bond acceptors (Lipinski definition) is 3. The fraction of sp³-hybridized carbons (Fsp3) is 0.158. The van der Waals surface area contributed by atoms with Gasteiger partial charge in [-0.1, -0.05) is 42.5 Å². The molecule has 0 amide bonds. The lowest BCUT2D eigenvalue weighted by atomic mass is 9.92. The smallest absolute Gasteiger partial charge is 0.345 e. The van der Waals surface area contributed by atoms with Gasteiger partial charge in [-0.15, -0.1) is 0 Å². The molecule has 1 N–H and O–H groups in total. The van der Waals surface area contributed by atoms with Gasteiger partial charge in [0.1, 0.15) is 5.56 Å². The number of fused-ring (bicyclic) bond motifs is 3. The Morgan fingerprint density at radius 3 is 2.39 bits per heavy atom. The number of carbonyl (C=O) groups excluding carboxylic acids is 1. The van der Waals surface area contributed by atoms with E-state index in [2.05, 4.69) is 4.98 Å². The van der Waals surface area contributed by atoms with E-state index in [1.54, 1.807) is 0 Å². The summed E-state index contributed by atoms with van der Waals surface area (Å²) in [4.78, 5) is 27.5. The molecule has 1 aromatic heterocycles. The molecule has 23 heavy (non-hydrogen) atoms. The van der Waals surface area contributed by atoms with Crippen LogP contribution in [0.5, 0.6) is 0 Å². The summed E-state index contributed by atoms with van der Waals surface area (Å²) in [6, 6.07) is 13.5. The van der Waals surface area contributed by atoms with Gasteiger partial charge in [0.2, 0.25) is 0 Å². The maximum Gasteiger partial charge on any atom is 0.345 e. The minimum atomic E-state index is -0.557. The second kappa shape index (κ2) is 4.81. The SMILES string of the molecule is Cc1ccc(C)c2c3c(c(=O)[nH]c12)C(=O)OC3c1ccccc1. The summed E-state index contributed by atoms with van der Waals surface area (Å²) in [6.45, 7) is 3.92. The van der Waals surface area contributed by atoms with Gasteiger partial charge in [-0.05, 0) is 30.5 Å². The van der Waals surface area contributed by atoms with Crippen LogP contribution in [0.1, 0.15) is 38.7 Å². The van der Waals surface area contributed by atoms with Crippen LogP contribution in [0, 0.1) is 13.8 Å². The first kappa shape index (κ1) is 13.8. The summed E-state index contributed by atoms with van der Waals surface area (Å²) in [6.07, 6.45) is -0.538. The predicted molar refractivity (Wildman–Crippen MR) is 87.7 cm³/mol. The van der Waals surface area contributed by atoms with E-state index in [9.17, 15) is 9.59 Å². The van der Waals surface area contributed by atoms with E-state index in [-0.39, 0.29) is 11.1 Å². The van der Waals surface area contributed by atoms with E-state index in [1.807, 2.05) is 56.3 Å². The molecule has 0 fully saturated rings. The number of H-pyrrole nitrogens is 1. The number of aryl methyl sites for hydroxylation is 2. The first-order valence-electron chi connectivity index (χ1n) is 7.50. The monoisotopic (exact) mass is 305 g/mol. The molecule has 1 aliphatic rings. The zero-order chi connectivity index (χ0) is 16.1. The van der Waals surface area contributed by atoms with Crippen molar-refractivity contribution >= 4 is 16.9 Å². The van der Waals surface area contributed by atoms with Crippen LogP contribution in [0.2, 0.25) is 0 Å². The Bertz CT molecular complexity index is 1000. The summed E-state index contributed by atoms with van der Waals surface area (Å²) in [5.41, 5.74) is 4.04. The third kappa shape index (κ3) is 1.91. The van der Waals surface area contributed by atoms with Gasteiger partial charge in [-0.2, -0.15) is 0 Å². The molecule has 4 rings (SSSR count). The van der Waals surface area contributed by atoms with Gasteiger partial charge in [0.15, 0.2) is 6.10 Å². The Kier molecular flexibility index (Phi) is 2.88. The maximum atomic E-state index is 12.4. The van der Waals surface area contributed by atoms with Crippen molar-refractivity contribution in [2.45, 2.75) is 20.0 Å². The largest absolute Gasteiger partial charge is 0.449 e. The molecule has 0 aliphatic carbocycles. The number of carbonyl (C=O) groups is 1. The molecule has 1 unspecified atom stereocenters. The molecule has 0 saturated heterocycles. The van der Waals surface area contributed by atoms with E-state index in [1.165, 1.54) is 0 Å². The Balaban J connectivity index is 2.15. The molecule has 0 radical (unpaired) electrons. The lowest BCUT2D eigenvalue weighted by Gasteiger charge is -2.15. The second-order valence-electron chi connectivity index (χ2n) is 5.89. The van der Waals surface area contributed by atoms with Crippen molar-refractivity contribution in [3.8, 4) is 0 Å². The highest BCUT2D eigenvalue weighted by Crippen LogP contribution is 2.39. The molecule has 1 atom stereocenters. The highest BCUT2D eigenvalue weighted by molar-refractivity contribution is 6.02. The fourth-order valence-electron chi connectivity index (χ4n) is 3.29. The third-order valence-corrected chi connectivity index (χ3v) is 4.42. The molecule has 0 spiro atoms. The summed E-state index contributed by atoms with van der Waals surface area (Å²) in [5.74, 6) is -0.557. The quantitative estimate of drug-likeness (QED) is 0.701. The van der Waals surface area contributed by atoms with Crippen LogP contribution in [-0.4, -0.2) is 11.0 Å². The highest BCUT2D eigenvalue weighted by Gasteiger charge is 2.37. The Hall–Kier alpha value is -2.88. The third-order valence-electron chi connectivity index (χ3n) is 4.42. The van der Waals surface area contributed by atoms with Crippen molar-refractivity contribution in [2.75, 3.05) is 0 Å². The molecule has 4 nitrogen and oxygen atoms in total. The summed E-state index contributed by atoms with van der Waals surface area (Å²) >= 11 is 0. The number of esters is 1. The van der Waals surface area contributed by atoms with Crippen LogP contribution >= 0.6 is 0 Å². The van der Waals surface area contributed by atoms with E-state index < -0.39 is 12.1 Å². The Morgan fingerprint density at radius 2 is 1.65 bits per heavy atom. The molecule has 0 saturated carbocycles. The topological polar surface area (TPSA) is 59.2 Å². The number of benzene rings is 2. The van der Waals surface area contributed by atoms with Gasteiger partial charge >= 0.3 is 5.97 Å². The van der Waals surface area contributed by atoms with Crippen LogP contribution in [0.4, 0.5) is 0 Å². The molecular weight excluding hydrogens is 290 g/mol. The molecule has 2 aromatic carbocycles. The zero-order valence-corrected chi connectivity index (χ0v) is 12.8. The van der Waals surface area contributed by atoms with Gasteiger partial charge < -0.3 is 9.72 Å². The minimum Gasteiger partial charge on any atom is -0.449 e. The number of cyclic esters (lactones) is 1. The molecule has 2 heterocycles. The predicted octanol–water partition coefficient (Wildman–Crippen LogP) is 3.40. The van der Waals surface area contributed by atoms with Crippen molar-refractivity contribution in [3.05, 3.63) is 80.6 Å². The first-order chi connectivity index (χ1) is 11.1. The molecule has 114 valence electrons. The van der Waals surface area contributed by atoms with E-state index in [0.717, 1.165) is 27.6 Å². The molecule has 1 aliphatic heterocycles. The number of aromatic nitrogens is 1. The van der Waals surface area contributed by atoms with Gasteiger partial charge in [0, 0.05) is 10.9 Å². The Morgan fingerprint density at radius 1 is 0.957 bits per heavy atom. The lowest BCUT2D eigenvalue weighted by Crippen LogP contribution is -2.17. The van der Waals surface area contributed by atoms with E-state index in [0.29, 0.717) is 5.56 Å². The van der Waals surface area contributed by atoms with Gasteiger partial charge in [0.05, 0.1) is 5.52 Å². The van der Waals surface area contributed by atoms with Crippen LogP contribution in [0.3, 0.4) is 0 Å². The first-order valence-corrected chi connectivity index (χ1v) is 7.50. The maximum absolute atomic E-state index is 12.4. The number of rotatable bonds is 1. The lowest BCUT2D eigenvalue weighted by molar-refractivity contribution is 0.0456. The number of pyridine rings is 1. The van der Waals surface area contributed by atoms with Crippen LogP contribution in [0.15, 0.2) is 47.3 Å². The number of hydrogen-bond donors (Lipinski definition) is 1. The average Bonchev–Trinajstić information content (AvgIpc) is 2.90. The van der Waals surface area contributed by atoms with Crippen molar-refractivity contribution in [3.63, 3.8) is 0 Å². The van der Waals surface area contributed by atoms with Crippen molar-refractivity contribution < 1.29 is 9.53 Å². The van der Waals surface area contributed by atoms with Gasteiger partial charge in [-0.25, -0.2) is 4.79 Å². The summed E-state index contributed by atoms with van der Waals surface area (Å²) in [5, 5.41) is 0.902. The molecule has 4 heteroatoms. The van der Waals surface area contributed by atoms with E-state index >= 15 is 0 Å². The molecule has 3 aromatic rings. The fourth-order valence-corrected chi connectivity index (χ4v) is 3.29. The minimum absolute atomic E-state index is 0.125. The normalized spacial score (nSPS) is 16.4. The van der Waals surface area contributed by atoms with Crippen molar-refractivity contribution in [1.29, 1.82) is 0 Å². The van der Waals surface area contributed by atoms with Gasteiger partial charge in [0.25, 0.3) is 5.56 Å². The number of nitrogens with one attached hydrogen (secondary N) is 1. The van der Waals surface area contributed by atoms with Crippen molar-refractivity contribution in [1.82, 2.24) is 4.98 Å². The molecule has 0 bridgehead atoms. The number of ether oxygens (including phenoxy) is 1.